The Labute approximate surface area is 95.7 Å². The predicted octanol–water partition coefficient (Wildman–Crippen LogP) is 0.136. The van der Waals surface area contributed by atoms with Crippen molar-refractivity contribution in [2.75, 3.05) is 24.6 Å². The van der Waals surface area contributed by atoms with E-state index < -0.39 is 15.8 Å². The Bertz CT molecular complexity index is 399. The lowest BCUT2D eigenvalue weighted by Crippen LogP contribution is -2.47. The van der Waals surface area contributed by atoms with Crippen molar-refractivity contribution in [3.63, 3.8) is 0 Å². The highest BCUT2D eigenvalue weighted by molar-refractivity contribution is 7.91. The van der Waals surface area contributed by atoms with Crippen LogP contribution >= 0.6 is 0 Å². The van der Waals surface area contributed by atoms with E-state index >= 15 is 0 Å². The number of hydrogen-bond acceptors (Lipinski definition) is 4. The van der Waals surface area contributed by atoms with Crippen LogP contribution in [-0.4, -0.2) is 55.0 Å². The Morgan fingerprint density at radius 1 is 1.56 bits per heavy atom. The van der Waals surface area contributed by atoms with Crippen molar-refractivity contribution in [2.45, 2.75) is 19.9 Å². The maximum atomic E-state index is 11.3. The van der Waals surface area contributed by atoms with Crippen LogP contribution in [0.2, 0.25) is 0 Å². The lowest BCUT2D eigenvalue weighted by molar-refractivity contribution is -0.131. The molecule has 6 heteroatoms. The summed E-state index contributed by atoms with van der Waals surface area (Å²) >= 11 is 0. The lowest BCUT2D eigenvalue weighted by atomic mass is 10.2. The van der Waals surface area contributed by atoms with E-state index in [1.54, 1.807) is 6.92 Å². The molecular weight excluding hydrogens is 230 g/mol. The second kappa shape index (κ2) is 4.97. The van der Waals surface area contributed by atoms with Crippen LogP contribution in [0, 0.1) is 0 Å². The highest BCUT2D eigenvalue weighted by atomic mass is 32.2. The maximum Gasteiger partial charge on any atom is 0.328 e. The SMILES string of the molecule is CC(=CC(=O)O)CN1CCS(=O)(=O)CC1C. The van der Waals surface area contributed by atoms with E-state index in [2.05, 4.69) is 0 Å². The van der Waals surface area contributed by atoms with Crippen LogP contribution in [0.4, 0.5) is 0 Å². The second-order valence-corrected chi connectivity index (χ2v) is 6.49. The first-order valence-corrected chi connectivity index (χ1v) is 6.97. The number of sulfone groups is 1. The summed E-state index contributed by atoms with van der Waals surface area (Å²) in [6.45, 7) is 4.59. The molecule has 0 spiro atoms. The average Bonchev–Trinajstić information content (AvgIpc) is 2.07. The van der Waals surface area contributed by atoms with E-state index in [9.17, 15) is 13.2 Å². The molecule has 16 heavy (non-hydrogen) atoms. The zero-order valence-corrected chi connectivity index (χ0v) is 10.3. The Kier molecular flexibility index (Phi) is 4.09. The molecule has 1 rings (SSSR count). The third-order valence-corrected chi connectivity index (χ3v) is 4.43. The Hall–Kier alpha value is -0.880. The molecule has 1 aliphatic heterocycles. The van der Waals surface area contributed by atoms with E-state index in [4.69, 9.17) is 5.11 Å². The smallest absolute Gasteiger partial charge is 0.328 e. The fraction of sp³-hybridized carbons (Fsp3) is 0.700. The molecule has 1 heterocycles. The number of rotatable bonds is 3. The predicted molar refractivity (Wildman–Crippen MR) is 61.1 cm³/mol. The topological polar surface area (TPSA) is 74.7 Å². The summed E-state index contributed by atoms with van der Waals surface area (Å²) in [5.74, 6) is -0.639. The van der Waals surface area contributed by atoms with Crippen LogP contribution in [0.25, 0.3) is 0 Å². The van der Waals surface area contributed by atoms with Crippen LogP contribution < -0.4 is 0 Å². The van der Waals surface area contributed by atoms with Gasteiger partial charge in [-0.2, -0.15) is 0 Å². The van der Waals surface area contributed by atoms with Gasteiger partial charge in [0.1, 0.15) is 0 Å². The van der Waals surface area contributed by atoms with Gasteiger partial charge in [-0.1, -0.05) is 5.57 Å². The molecule has 0 aromatic carbocycles. The monoisotopic (exact) mass is 247 g/mol. The summed E-state index contributed by atoms with van der Waals surface area (Å²) in [5, 5.41) is 8.57. The van der Waals surface area contributed by atoms with Gasteiger partial charge >= 0.3 is 5.97 Å². The van der Waals surface area contributed by atoms with E-state index in [-0.39, 0.29) is 17.5 Å². The van der Waals surface area contributed by atoms with Gasteiger partial charge in [-0.05, 0) is 13.8 Å². The molecule has 1 fully saturated rings. The minimum atomic E-state index is -2.90. The molecule has 0 aromatic rings. The molecule has 1 atom stereocenters. The number of carboxylic acid groups (broad SMARTS) is 1. The quantitative estimate of drug-likeness (QED) is 0.718. The fourth-order valence-electron chi connectivity index (χ4n) is 1.84. The van der Waals surface area contributed by atoms with Crippen LogP contribution in [0.3, 0.4) is 0 Å². The molecule has 1 unspecified atom stereocenters. The normalized spacial score (nSPS) is 26.6. The number of hydrogen-bond donors (Lipinski definition) is 1. The minimum absolute atomic E-state index is 0.0455. The largest absolute Gasteiger partial charge is 0.478 e. The highest BCUT2D eigenvalue weighted by Gasteiger charge is 2.27. The Balaban J connectivity index is 2.61. The van der Waals surface area contributed by atoms with Gasteiger partial charge in [0.15, 0.2) is 9.84 Å². The summed E-state index contributed by atoms with van der Waals surface area (Å²) in [6.07, 6.45) is 1.16. The van der Waals surface area contributed by atoms with Gasteiger partial charge in [-0.3, -0.25) is 4.90 Å². The van der Waals surface area contributed by atoms with Gasteiger partial charge in [-0.25, -0.2) is 13.2 Å². The van der Waals surface area contributed by atoms with Crippen LogP contribution in [0.5, 0.6) is 0 Å². The van der Waals surface area contributed by atoms with Gasteiger partial charge in [0.25, 0.3) is 0 Å². The molecule has 0 aromatic heterocycles. The molecular formula is C10H17NO4S. The standard InChI is InChI=1S/C10H17NO4S/c1-8(5-10(12)13)6-11-3-4-16(14,15)7-9(11)2/h5,9H,3-4,6-7H2,1-2H3,(H,12,13). The Morgan fingerprint density at radius 2 is 2.19 bits per heavy atom. The number of carbonyl (C=O) groups is 1. The molecule has 92 valence electrons. The van der Waals surface area contributed by atoms with Crippen LogP contribution in [0.1, 0.15) is 13.8 Å². The molecule has 0 aliphatic carbocycles. The van der Waals surface area contributed by atoms with Gasteiger partial charge in [0.2, 0.25) is 0 Å². The number of carboxylic acids is 1. The average molecular weight is 247 g/mol. The third-order valence-electron chi connectivity index (χ3n) is 2.63. The van der Waals surface area contributed by atoms with E-state index in [0.29, 0.717) is 13.1 Å². The van der Waals surface area contributed by atoms with Crippen molar-refractivity contribution in [3.8, 4) is 0 Å². The summed E-state index contributed by atoms with van der Waals surface area (Å²) in [5.41, 5.74) is 0.735. The summed E-state index contributed by atoms with van der Waals surface area (Å²) in [7, 11) is -2.90. The van der Waals surface area contributed by atoms with Gasteiger partial charge in [0, 0.05) is 25.2 Å². The maximum absolute atomic E-state index is 11.3. The third kappa shape index (κ3) is 3.94. The van der Waals surface area contributed by atoms with Crippen molar-refractivity contribution in [1.29, 1.82) is 0 Å². The summed E-state index contributed by atoms with van der Waals surface area (Å²) < 4.78 is 22.7. The molecule has 5 nitrogen and oxygen atoms in total. The summed E-state index contributed by atoms with van der Waals surface area (Å²) in [4.78, 5) is 12.4. The molecule has 0 bridgehead atoms. The van der Waals surface area contributed by atoms with Crippen LogP contribution in [-0.2, 0) is 14.6 Å². The van der Waals surface area contributed by atoms with Crippen molar-refractivity contribution in [2.24, 2.45) is 0 Å². The zero-order valence-electron chi connectivity index (χ0n) is 9.51. The fourth-order valence-corrected chi connectivity index (χ4v) is 3.47. The molecule has 0 saturated carbocycles. The second-order valence-electron chi connectivity index (χ2n) is 4.26. The number of aliphatic carboxylic acids is 1. The highest BCUT2D eigenvalue weighted by Crippen LogP contribution is 2.13. The Morgan fingerprint density at radius 3 is 2.69 bits per heavy atom. The first-order chi connectivity index (χ1) is 7.30. The molecule has 0 radical (unpaired) electrons. The van der Waals surface area contributed by atoms with Crippen molar-refractivity contribution >= 4 is 15.8 Å². The van der Waals surface area contributed by atoms with Crippen LogP contribution in [0.15, 0.2) is 11.6 Å². The lowest BCUT2D eigenvalue weighted by Gasteiger charge is -2.33. The zero-order chi connectivity index (χ0) is 12.3. The van der Waals surface area contributed by atoms with E-state index in [1.165, 1.54) is 0 Å². The van der Waals surface area contributed by atoms with Gasteiger partial charge in [0.05, 0.1) is 11.5 Å². The number of nitrogens with zero attached hydrogens (tertiary/aromatic N) is 1. The minimum Gasteiger partial charge on any atom is -0.478 e. The summed E-state index contributed by atoms with van der Waals surface area (Å²) in [6, 6.07) is -0.0455. The van der Waals surface area contributed by atoms with E-state index in [1.807, 2.05) is 11.8 Å². The van der Waals surface area contributed by atoms with Crippen molar-refractivity contribution < 1.29 is 18.3 Å². The van der Waals surface area contributed by atoms with Gasteiger partial charge < -0.3 is 5.11 Å². The van der Waals surface area contributed by atoms with E-state index in [0.717, 1.165) is 11.6 Å². The molecule has 0 amide bonds. The first kappa shape index (κ1) is 13.2. The molecule has 1 saturated heterocycles. The first-order valence-electron chi connectivity index (χ1n) is 5.15. The molecule has 1 aliphatic rings. The van der Waals surface area contributed by atoms with Crippen molar-refractivity contribution in [3.05, 3.63) is 11.6 Å². The van der Waals surface area contributed by atoms with Crippen molar-refractivity contribution in [1.82, 2.24) is 4.90 Å². The van der Waals surface area contributed by atoms with Gasteiger partial charge in [-0.15, -0.1) is 0 Å². The molecule has 1 N–H and O–H groups in total.